The summed E-state index contributed by atoms with van der Waals surface area (Å²) in [6, 6.07) is 22.7. The van der Waals surface area contributed by atoms with E-state index >= 15 is 0 Å². The topological polar surface area (TPSA) is 0 Å². The Kier molecular flexibility index (Phi) is 3.19. The molecular formula is C26H18S2. The van der Waals surface area contributed by atoms with Gasteiger partial charge < -0.3 is 0 Å². The summed E-state index contributed by atoms with van der Waals surface area (Å²) in [5.74, 6) is 0.995. The van der Waals surface area contributed by atoms with Crippen molar-refractivity contribution in [2.75, 3.05) is 0 Å². The zero-order valence-electron chi connectivity index (χ0n) is 15.2. The summed E-state index contributed by atoms with van der Waals surface area (Å²) in [5, 5.41) is 1.06. The van der Waals surface area contributed by atoms with E-state index < -0.39 is 0 Å². The largest absolute Gasteiger partial charge is 0.116 e. The second kappa shape index (κ2) is 5.68. The average molecular weight is 395 g/mol. The van der Waals surface area contributed by atoms with Crippen LogP contribution in [0.25, 0.3) is 12.2 Å². The van der Waals surface area contributed by atoms with Gasteiger partial charge in [0.25, 0.3) is 0 Å². The van der Waals surface area contributed by atoms with Crippen LogP contribution in [-0.4, -0.2) is 10.5 Å². The van der Waals surface area contributed by atoms with Crippen molar-refractivity contribution in [3.05, 3.63) is 106 Å². The van der Waals surface area contributed by atoms with Gasteiger partial charge in [-0.3, -0.25) is 0 Å². The number of hydrogen-bond donors (Lipinski definition) is 0. The van der Waals surface area contributed by atoms with Crippen LogP contribution in [0, 0.1) is 0 Å². The molecule has 0 saturated carbocycles. The molecule has 0 radical (unpaired) electrons. The van der Waals surface area contributed by atoms with Crippen LogP contribution < -0.4 is 0 Å². The van der Waals surface area contributed by atoms with Gasteiger partial charge in [0.15, 0.2) is 0 Å². The Bertz CT molecular complexity index is 1110. The molecule has 7 rings (SSSR count). The highest BCUT2D eigenvalue weighted by molar-refractivity contribution is 8.03. The summed E-state index contributed by atoms with van der Waals surface area (Å²) in [6.45, 7) is 0. The first-order valence-electron chi connectivity index (χ1n) is 9.93. The zero-order valence-corrected chi connectivity index (χ0v) is 16.8. The summed E-state index contributed by atoms with van der Waals surface area (Å²) in [6.07, 6.45) is 9.49. The highest BCUT2D eigenvalue weighted by atomic mass is 32.2. The first kappa shape index (κ1) is 15.7. The molecule has 4 atom stereocenters. The van der Waals surface area contributed by atoms with Gasteiger partial charge >= 0.3 is 0 Å². The highest BCUT2D eigenvalue weighted by Gasteiger charge is 2.43. The number of benzene rings is 3. The highest BCUT2D eigenvalue weighted by Crippen LogP contribution is 2.61. The van der Waals surface area contributed by atoms with Crippen molar-refractivity contribution >= 4 is 35.7 Å². The van der Waals surface area contributed by atoms with Crippen molar-refractivity contribution in [3.63, 3.8) is 0 Å². The van der Waals surface area contributed by atoms with Gasteiger partial charge in [-0.1, -0.05) is 85.0 Å². The van der Waals surface area contributed by atoms with Crippen LogP contribution in [0.15, 0.2) is 82.6 Å². The molecule has 4 unspecified atom stereocenters. The van der Waals surface area contributed by atoms with Crippen molar-refractivity contribution < 1.29 is 0 Å². The molecule has 28 heavy (non-hydrogen) atoms. The van der Waals surface area contributed by atoms with Crippen LogP contribution >= 0.6 is 23.5 Å². The first-order valence-corrected chi connectivity index (χ1v) is 11.7. The fourth-order valence-corrected chi connectivity index (χ4v) is 8.48. The van der Waals surface area contributed by atoms with Crippen molar-refractivity contribution in [1.29, 1.82) is 0 Å². The quantitative estimate of drug-likeness (QED) is 0.404. The Morgan fingerprint density at radius 1 is 0.500 bits per heavy atom. The molecule has 3 aromatic rings. The number of fused-ring (bicyclic) bond motifs is 11. The molecule has 2 heteroatoms. The van der Waals surface area contributed by atoms with Crippen molar-refractivity contribution in [1.82, 2.24) is 0 Å². The third-order valence-corrected chi connectivity index (χ3v) is 9.48. The molecule has 2 aliphatic heterocycles. The van der Waals surface area contributed by atoms with Gasteiger partial charge in [0.1, 0.15) is 0 Å². The number of rotatable bonds is 0. The van der Waals surface area contributed by atoms with Gasteiger partial charge in [0.2, 0.25) is 0 Å². The van der Waals surface area contributed by atoms with Gasteiger partial charge in [0.05, 0.1) is 0 Å². The summed E-state index contributed by atoms with van der Waals surface area (Å²) < 4.78 is 0. The van der Waals surface area contributed by atoms with Crippen LogP contribution in [0.5, 0.6) is 0 Å². The lowest BCUT2D eigenvalue weighted by atomic mass is 9.79. The normalized spacial score (nSPS) is 27.4. The molecule has 3 aromatic carbocycles. The Morgan fingerprint density at radius 3 is 1.46 bits per heavy atom. The molecular weight excluding hydrogens is 376 g/mol. The fraction of sp³-hybridized carbons (Fsp3) is 0.154. The minimum Gasteiger partial charge on any atom is -0.116 e. The van der Waals surface area contributed by atoms with E-state index in [0.717, 1.165) is 0 Å². The van der Waals surface area contributed by atoms with E-state index in [0.29, 0.717) is 22.3 Å². The minimum absolute atomic E-state index is 0.498. The predicted molar refractivity (Wildman–Crippen MR) is 120 cm³/mol. The van der Waals surface area contributed by atoms with Gasteiger partial charge in [-0.05, 0) is 33.4 Å². The van der Waals surface area contributed by atoms with Crippen LogP contribution in [0.3, 0.4) is 0 Å². The SMILES string of the molecule is C1=CC2Sc3c(ccc4c3SC3C=Cc5ccccc5C43)C2c2ccccc21. The molecule has 0 saturated heterocycles. The van der Waals surface area contributed by atoms with Crippen molar-refractivity contribution in [2.24, 2.45) is 0 Å². The van der Waals surface area contributed by atoms with Crippen LogP contribution in [-0.2, 0) is 0 Å². The first-order chi connectivity index (χ1) is 13.9. The molecule has 2 heterocycles. The van der Waals surface area contributed by atoms with E-state index in [1.165, 1.54) is 33.4 Å². The Labute approximate surface area is 173 Å². The monoisotopic (exact) mass is 394 g/mol. The second-order valence-electron chi connectivity index (χ2n) is 8.00. The van der Waals surface area contributed by atoms with E-state index in [4.69, 9.17) is 0 Å². The summed E-state index contributed by atoms with van der Waals surface area (Å²) >= 11 is 4.17. The molecule has 4 aliphatic rings. The maximum atomic E-state index is 2.44. The zero-order chi connectivity index (χ0) is 18.2. The van der Waals surface area contributed by atoms with E-state index in [9.17, 15) is 0 Å². The smallest absolute Gasteiger partial charge is 0.0388 e. The van der Waals surface area contributed by atoms with Gasteiger partial charge in [-0.25, -0.2) is 0 Å². The Morgan fingerprint density at radius 2 is 0.964 bits per heavy atom. The molecule has 0 bridgehead atoms. The molecule has 0 amide bonds. The molecule has 0 nitrogen and oxygen atoms in total. The molecule has 134 valence electrons. The molecule has 2 aliphatic carbocycles. The maximum absolute atomic E-state index is 2.44. The number of hydrogen-bond acceptors (Lipinski definition) is 2. The minimum atomic E-state index is 0.498. The van der Waals surface area contributed by atoms with Crippen LogP contribution in [0.2, 0.25) is 0 Å². The summed E-state index contributed by atoms with van der Waals surface area (Å²) in [4.78, 5) is 3.08. The maximum Gasteiger partial charge on any atom is 0.0388 e. The fourth-order valence-electron chi connectivity index (χ4n) is 5.37. The third-order valence-electron chi connectivity index (χ3n) is 6.60. The lowest BCUT2D eigenvalue weighted by Gasteiger charge is -2.24. The van der Waals surface area contributed by atoms with E-state index in [1.807, 2.05) is 0 Å². The van der Waals surface area contributed by atoms with Crippen molar-refractivity contribution in [3.8, 4) is 0 Å². The second-order valence-corrected chi connectivity index (χ2v) is 10.4. The van der Waals surface area contributed by atoms with Gasteiger partial charge in [-0.2, -0.15) is 0 Å². The van der Waals surface area contributed by atoms with Gasteiger partial charge in [0, 0.05) is 32.1 Å². The van der Waals surface area contributed by atoms with E-state index in [2.05, 4.69) is 108 Å². The molecule has 0 N–H and O–H groups in total. The van der Waals surface area contributed by atoms with E-state index in [-0.39, 0.29) is 0 Å². The summed E-state index contributed by atoms with van der Waals surface area (Å²) in [5.41, 5.74) is 8.83. The lowest BCUT2D eigenvalue weighted by Crippen LogP contribution is -2.14. The van der Waals surface area contributed by atoms with E-state index in [1.54, 1.807) is 9.79 Å². The Hall–Kier alpha value is -2.16. The average Bonchev–Trinajstić information content (AvgIpc) is 3.32. The van der Waals surface area contributed by atoms with Crippen LogP contribution in [0.4, 0.5) is 0 Å². The standard InChI is InChI=1S/C26H18S2/c1-3-7-17-15(5-1)9-13-21-23(17)19-11-12-20-24-18-8-4-2-6-16(18)10-14-22(24)28-26(20)25(19)27-21/h1-14,21-24H. The lowest BCUT2D eigenvalue weighted by molar-refractivity contribution is 0.815. The number of thioether (sulfide) groups is 2. The van der Waals surface area contributed by atoms with Crippen LogP contribution in [0.1, 0.15) is 45.2 Å². The van der Waals surface area contributed by atoms with Crippen molar-refractivity contribution in [2.45, 2.75) is 32.1 Å². The van der Waals surface area contributed by atoms with Gasteiger partial charge in [-0.15, -0.1) is 23.5 Å². The third kappa shape index (κ3) is 2.00. The molecule has 0 fully saturated rings. The molecule has 0 spiro atoms. The Balaban J connectivity index is 1.40. The predicted octanol–water partition coefficient (Wildman–Crippen LogP) is 6.95. The summed E-state index contributed by atoms with van der Waals surface area (Å²) in [7, 11) is 0. The molecule has 0 aromatic heterocycles.